The highest BCUT2D eigenvalue weighted by Gasteiger charge is 2.11. The summed E-state index contributed by atoms with van der Waals surface area (Å²) in [5.74, 6) is -0.543. The quantitative estimate of drug-likeness (QED) is 0.739. The third kappa shape index (κ3) is 4.44. The highest BCUT2D eigenvalue weighted by atomic mass is 16.5. The maximum atomic E-state index is 11.9. The number of H-pyrrole nitrogens is 1. The standard InChI is InChI=1S/C16H17N3O4/c1-10(2)23-12-7-5-11(6-8-12)14(20)18-19-16(22)13-4-3-9-17-15(13)21/h3-10H,1-2H3,(H,17,21)(H,18,20)(H,19,22). The number of nitrogens with one attached hydrogen (secondary N) is 3. The topological polar surface area (TPSA) is 100 Å². The van der Waals surface area contributed by atoms with Crippen molar-refractivity contribution in [3.05, 3.63) is 64.1 Å². The number of aromatic amines is 1. The molecule has 0 saturated carbocycles. The van der Waals surface area contributed by atoms with Crippen LogP contribution in [-0.2, 0) is 0 Å². The van der Waals surface area contributed by atoms with Crippen molar-refractivity contribution in [3.63, 3.8) is 0 Å². The van der Waals surface area contributed by atoms with Crippen LogP contribution < -0.4 is 21.1 Å². The van der Waals surface area contributed by atoms with Gasteiger partial charge in [-0.25, -0.2) is 0 Å². The lowest BCUT2D eigenvalue weighted by molar-refractivity contribution is 0.0845. The Morgan fingerprint density at radius 1 is 1.04 bits per heavy atom. The molecule has 0 aliphatic carbocycles. The summed E-state index contributed by atoms with van der Waals surface area (Å²) in [4.78, 5) is 37.6. The monoisotopic (exact) mass is 315 g/mol. The lowest BCUT2D eigenvalue weighted by atomic mass is 10.2. The van der Waals surface area contributed by atoms with E-state index in [0.29, 0.717) is 11.3 Å². The number of benzene rings is 1. The van der Waals surface area contributed by atoms with E-state index < -0.39 is 17.4 Å². The van der Waals surface area contributed by atoms with Crippen LogP contribution in [0, 0.1) is 0 Å². The molecule has 0 bridgehead atoms. The molecule has 0 spiro atoms. The number of hydrogen-bond donors (Lipinski definition) is 3. The average Bonchev–Trinajstić information content (AvgIpc) is 2.53. The van der Waals surface area contributed by atoms with Crippen LogP contribution >= 0.6 is 0 Å². The first-order valence-corrected chi connectivity index (χ1v) is 7.02. The van der Waals surface area contributed by atoms with Gasteiger partial charge in [-0.1, -0.05) is 0 Å². The van der Waals surface area contributed by atoms with Crippen molar-refractivity contribution >= 4 is 11.8 Å². The molecule has 23 heavy (non-hydrogen) atoms. The highest BCUT2D eigenvalue weighted by Crippen LogP contribution is 2.13. The first kappa shape index (κ1) is 16.3. The summed E-state index contributed by atoms with van der Waals surface area (Å²) in [6, 6.07) is 9.37. The molecule has 0 unspecified atom stereocenters. The number of hydrogen-bond acceptors (Lipinski definition) is 4. The Morgan fingerprint density at radius 3 is 2.30 bits per heavy atom. The van der Waals surface area contributed by atoms with Crippen LogP contribution in [0.15, 0.2) is 47.4 Å². The van der Waals surface area contributed by atoms with Crippen molar-refractivity contribution in [1.29, 1.82) is 0 Å². The van der Waals surface area contributed by atoms with Gasteiger partial charge in [-0.3, -0.25) is 25.2 Å². The van der Waals surface area contributed by atoms with E-state index in [0.717, 1.165) is 0 Å². The van der Waals surface area contributed by atoms with Crippen LogP contribution in [-0.4, -0.2) is 22.9 Å². The Bertz CT molecular complexity index is 750. The number of ether oxygens (including phenoxy) is 1. The van der Waals surface area contributed by atoms with Crippen LogP contribution in [0.1, 0.15) is 34.6 Å². The SMILES string of the molecule is CC(C)Oc1ccc(C(=O)NNC(=O)c2ccc[nH]c2=O)cc1. The number of rotatable bonds is 4. The Morgan fingerprint density at radius 2 is 1.70 bits per heavy atom. The Hall–Kier alpha value is -3.09. The smallest absolute Gasteiger partial charge is 0.275 e. The molecule has 1 aromatic heterocycles. The summed E-state index contributed by atoms with van der Waals surface area (Å²) >= 11 is 0. The lowest BCUT2D eigenvalue weighted by Gasteiger charge is -2.10. The van der Waals surface area contributed by atoms with E-state index in [2.05, 4.69) is 15.8 Å². The minimum atomic E-state index is -0.694. The van der Waals surface area contributed by atoms with E-state index >= 15 is 0 Å². The number of pyridine rings is 1. The van der Waals surface area contributed by atoms with Gasteiger partial charge in [0.25, 0.3) is 17.4 Å². The molecular weight excluding hydrogens is 298 g/mol. The fourth-order valence-electron chi connectivity index (χ4n) is 1.81. The van der Waals surface area contributed by atoms with E-state index in [-0.39, 0.29) is 11.7 Å². The van der Waals surface area contributed by atoms with E-state index in [1.165, 1.54) is 18.3 Å². The second-order valence-electron chi connectivity index (χ2n) is 5.01. The molecule has 3 N–H and O–H groups in total. The maximum absolute atomic E-state index is 11.9. The van der Waals surface area contributed by atoms with Crippen molar-refractivity contribution in [2.75, 3.05) is 0 Å². The third-order valence-electron chi connectivity index (χ3n) is 2.84. The third-order valence-corrected chi connectivity index (χ3v) is 2.84. The second kappa shape index (κ2) is 7.26. The van der Waals surface area contributed by atoms with E-state index in [1.54, 1.807) is 24.3 Å². The van der Waals surface area contributed by atoms with Crippen LogP contribution in [0.4, 0.5) is 0 Å². The predicted molar refractivity (Wildman–Crippen MR) is 84.2 cm³/mol. The van der Waals surface area contributed by atoms with Gasteiger partial charge in [-0.2, -0.15) is 0 Å². The number of carbonyl (C=O) groups excluding carboxylic acids is 2. The normalized spacial score (nSPS) is 10.2. The second-order valence-corrected chi connectivity index (χ2v) is 5.01. The van der Waals surface area contributed by atoms with Crippen molar-refractivity contribution in [1.82, 2.24) is 15.8 Å². The van der Waals surface area contributed by atoms with Gasteiger partial charge in [0, 0.05) is 11.8 Å². The number of aromatic nitrogens is 1. The van der Waals surface area contributed by atoms with E-state index in [1.807, 2.05) is 13.8 Å². The fraction of sp³-hybridized carbons (Fsp3) is 0.188. The largest absolute Gasteiger partial charge is 0.491 e. The Labute approximate surface area is 132 Å². The molecule has 0 aliphatic heterocycles. The summed E-state index contributed by atoms with van der Waals surface area (Å²) in [5.41, 5.74) is 4.18. The zero-order chi connectivity index (χ0) is 16.8. The zero-order valence-corrected chi connectivity index (χ0v) is 12.8. The first-order valence-electron chi connectivity index (χ1n) is 7.02. The van der Waals surface area contributed by atoms with Crippen molar-refractivity contribution in [2.24, 2.45) is 0 Å². The van der Waals surface area contributed by atoms with Crippen molar-refractivity contribution < 1.29 is 14.3 Å². The lowest BCUT2D eigenvalue weighted by Crippen LogP contribution is -2.43. The predicted octanol–water partition coefficient (Wildman–Crippen LogP) is 1.24. The molecule has 120 valence electrons. The minimum absolute atomic E-state index is 0.0397. The van der Waals surface area contributed by atoms with Gasteiger partial charge in [0.05, 0.1) is 6.10 Å². The summed E-state index contributed by atoms with van der Waals surface area (Å²) in [6.45, 7) is 3.81. The van der Waals surface area contributed by atoms with Gasteiger partial charge in [0.2, 0.25) is 0 Å². The number of hydrazine groups is 1. The van der Waals surface area contributed by atoms with Crippen LogP contribution in [0.25, 0.3) is 0 Å². The van der Waals surface area contributed by atoms with Gasteiger partial charge < -0.3 is 9.72 Å². The molecule has 0 atom stereocenters. The Kier molecular flexibility index (Phi) is 5.14. The molecule has 0 saturated heterocycles. The molecule has 0 radical (unpaired) electrons. The van der Waals surface area contributed by atoms with E-state index in [4.69, 9.17) is 4.74 Å². The summed E-state index contributed by atoms with van der Waals surface area (Å²) in [7, 11) is 0. The van der Waals surface area contributed by atoms with Gasteiger partial charge in [-0.05, 0) is 50.2 Å². The average molecular weight is 315 g/mol. The molecular formula is C16H17N3O4. The van der Waals surface area contributed by atoms with Crippen molar-refractivity contribution in [2.45, 2.75) is 20.0 Å². The van der Waals surface area contributed by atoms with Crippen LogP contribution in [0.3, 0.4) is 0 Å². The molecule has 2 aromatic rings. The van der Waals surface area contributed by atoms with Gasteiger partial charge in [-0.15, -0.1) is 0 Å². The number of carbonyl (C=O) groups is 2. The van der Waals surface area contributed by atoms with E-state index in [9.17, 15) is 14.4 Å². The van der Waals surface area contributed by atoms with Gasteiger partial charge in [0.1, 0.15) is 11.3 Å². The molecule has 2 rings (SSSR count). The Balaban J connectivity index is 1.96. The number of amides is 2. The summed E-state index contributed by atoms with van der Waals surface area (Å²) in [5, 5.41) is 0. The summed E-state index contributed by atoms with van der Waals surface area (Å²) in [6.07, 6.45) is 1.45. The minimum Gasteiger partial charge on any atom is -0.491 e. The molecule has 0 fully saturated rings. The van der Waals surface area contributed by atoms with Gasteiger partial charge >= 0.3 is 0 Å². The summed E-state index contributed by atoms with van der Waals surface area (Å²) < 4.78 is 5.48. The van der Waals surface area contributed by atoms with Gasteiger partial charge in [0.15, 0.2) is 0 Å². The van der Waals surface area contributed by atoms with Crippen molar-refractivity contribution in [3.8, 4) is 5.75 Å². The first-order chi connectivity index (χ1) is 11.0. The molecule has 0 aliphatic rings. The van der Waals surface area contributed by atoms with Crippen LogP contribution in [0.2, 0.25) is 0 Å². The molecule has 1 heterocycles. The van der Waals surface area contributed by atoms with Crippen LogP contribution in [0.5, 0.6) is 5.75 Å². The highest BCUT2D eigenvalue weighted by molar-refractivity contribution is 5.98. The fourth-order valence-corrected chi connectivity index (χ4v) is 1.81. The molecule has 2 amide bonds. The zero-order valence-electron chi connectivity index (χ0n) is 12.8. The molecule has 7 heteroatoms. The molecule has 1 aromatic carbocycles. The maximum Gasteiger partial charge on any atom is 0.275 e. The molecule has 7 nitrogen and oxygen atoms in total.